The van der Waals surface area contributed by atoms with Crippen molar-refractivity contribution in [2.24, 2.45) is 7.05 Å². The topological polar surface area (TPSA) is 51.0 Å². The lowest BCUT2D eigenvalue weighted by Gasteiger charge is -2.28. The summed E-state index contributed by atoms with van der Waals surface area (Å²) in [6.45, 7) is 3.54. The predicted molar refractivity (Wildman–Crippen MR) is 107 cm³/mol. The van der Waals surface area contributed by atoms with Gasteiger partial charge in [-0.25, -0.2) is 0 Å². The van der Waals surface area contributed by atoms with Crippen LogP contribution in [0.15, 0.2) is 53.7 Å². The summed E-state index contributed by atoms with van der Waals surface area (Å²) in [6.07, 6.45) is 0.925. The third-order valence-electron chi connectivity index (χ3n) is 5.03. The van der Waals surface area contributed by atoms with Crippen molar-refractivity contribution in [2.45, 2.75) is 25.0 Å². The molecule has 3 aromatic rings. The van der Waals surface area contributed by atoms with Crippen molar-refractivity contribution in [1.29, 1.82) is 0 Å². The Morgan fingerprint density at radius 3 is 2.63 bits per heavy atom. The fraction of sp³-hybridized carbons (Fsp3) is 0.286. The van der Waals surface area contributed by atoms with E-state index in [2.05, 4.69) is 41.4 Å². The van der Waals surface area contributed by atoms with Crippen LogP contribution >= 0.6 is 11.8 Å². The normalized spacial score (nSPS) is 13.5. The molecule has 0 N–H and O–H groups in total. The number of carbonyl (C=O) groups excluding carboxylic acids is 1. The number of thioether (sulfide) groups is 1. The van der Waals surface area contributed by atoms with E-state index in [9.17, 15) is 4.79 Å². The van der Waals surface area contributed by atoms with Gasteiger partial charge < -0.3 is 9.47 Å². The van der Waals surface area contributed by atoms with Gasteiger partial charge in [0.2, 0.25) is 5.91 Å². The van der Waals surface area contributed by atoms with Gasteiger partial charge in [0.15, 0.2) is 11.0 Å². The van der Waals surface area contributed by atoms with E-state index in [0.717, 1.165) is 35.1 Å². The maximum Gasteiger partial charge on any atom is 0.233 e. The van der Waals surface area contributed by atoms with E-state index in [0.29, 0.717) is 12.3 Å². The maximum absolute atomic E-state index is 12.7. The Labute approximate surface area is 163 Å². The number of amides is 1. The molecule has 138 valence electrons. The van der Waals surface area contributed by atoms with Crippen LogP contribution in [0.3, 0.4) is 0 Å². The van der Waals surface area contributed by atoms with Crippen LogP contribution in [0.1, 0.15) is 16.7 Å². The Bertz CT molecular complexity index is 982. The summed E-state index contributed by atoms with van der Waals surface area (Å²) in [4.78, 5) is 14.6. The van der Waals surface area contributed by atoms with Crippen molar-refractivity contribution in [1.82, 2.24) is 19.7 Å². The largest absolute Gasteiger partial charge is 0.337 e. The minimum Gasteiger partial charge on any atom is -0.337 e. The molecule has 4 rings (SSSR count). The van der Waals surface area contributed by atoms with Crippen LogP contribution in [0.2, 0.25) is 0 Å². The van der Waals surface area contributed by atoms with Crippen molar-refractivity contribution in [2.75, 3.05) is 12.3 Å². The quantitative estimate of drug-likeness (QED) is 0.653. The second kappa shape index (κ2) is 7.56. The fourth-order valence-electron chi connectivity index (χ4n) is 3.43. The highest BCUT2D eigenvalue weighted by atomic mass is 32.2. The molecule has 0 atom stereocenters. The van der Waals surface area contributed by atoms with Gasteiger partial charge in [0.05, 0.1) is 5.75 Å². The van der Waals surface area contributed by atoms with Gasteiger partial charge in [-0.2, -0.15) is 0 Å². The van der Waals surface area contributed by atoms with Crippen LogP contribution in [0.25, 0.3) is 11.4 Å². The van der Waals surface area contributed by atoms with Gasteiger partial charge in [-0.05, 0) is 30.0 Å². The molecule has 0 aliphatic carbocycles. The smallest absolute Gasteiger partial charge is 0.233 e. The molecule has 2 aromatic carbocycles. The van der Waals surface area contributed by atoms with Gasteiger partial charge in [0, 0.05) is 25.7 Å². The average Bonchev–Trinajstić information content (AvgIpc) is 3.06. The van der Waals surface area contributed by atoms with Crippen LogP contribution in [-0.4, -0.2) is 37.9 Å². The molecule has 0 spiro atoms. The van der Waals surface area contributed by atoms with Gasteiger partial charge in [-0.3, -0.25) is 4.79 Å². The molecule has 2 heterocycles. The van der Waals surface area contributed by atoms with Gasteiger partial charge >= 0.3 is 0 Å². The summed E-state index contributed by atoms with van der Waals surface area (Å²) in [5.74, 6) is 1.35. The highest BCUT2D eigenvalue weighted by Crippen LogP contribution is 2.26. The van der Waals surface area contributed by atoms with E-state index in [1.54, 1.807) is 0 Å². The Hall–Kier alpha value is -2.60. The second-order valence-electron chi connectivity index (χ2n) is 6.80. The zero-order chi connectivity index (χ0) is 18.8. The molecule has 1 aliphatic heterocycles. The first-order valence-corrected chi connectivity index (χ1v) is 10.0. The Morgan fingerprint density at radius 2 is 1.81 bits per heavy atom. The summed E-state index contributed by atoms with van der Waals surface area (Å²) in [7, 11) is 1.95. The van der Waals surface area contributed by atoms with Gasteiger partial charge in [0.25, 0.3) is 0 Å². The molecule has 0 fully saturated rings. The molecular formula is C21H22N4OS. The number of hydrogen-bond donors (Lipinski definition) is 0. The standard InChI is InChI=1S/C21H22N4OS/c1-15-7-3-6-10-18(15)20-22-23-21(24(20)2)27-14-19(26)25-12-11-16-8-4-5-9-17(16)13-25/h3-10H,11-14H2,1-2H3. The van der Waals surface area contributed by atoms with E-state index >= 15 is 0 Å². The van der Waals surface area contributed by atoms with Crippen LogP contribution in [0.4, 0.5) is 0 Å². The summed E-state index contributed by atoms with van der Waals surface area (Å²) in [5.41, 5.74) is 4.83. The van der Waals surface area contributed by atoms with Crippen molar-refractivity contribution < 1.29 is 4.79 Å². The lowest BCUT2D eigenvalue weighted by atomic mass is 10.00. The molecule has 1 aromatic heterocycles. The number of rotatable bonds is 4. The number of hydrogen-bond acceptors (Lipinski definition) is 4. The lowest BCUT2D eigenvalue weighted by Crippen LogP contribution is -2.37. The summed E-state index contributed by atoms with van der Waals surface area (Å²) in [6, 6.07) is 16.5. The first-order valence-electron chi connectivity index (χ1n) is 9.06. The molecular weight excluding hydrogens is 356 g/mol. The molecule has 1 aliphatic rings. The van der Waals surface area contributed by atoms with Crippen molar-refractivity contribution in [3.05, 3.63) is 65.2 Å². The van der Waals surface area contributed by atoms with E-state index in [1.165, 1.54) is 22.9 Å². The van der Waals surface area contributed by atoms with Crippen molar-refractivity contribution >= 4 is 17.7 Å². The summed E-state index contributed by atoms with van der Waals surface area (Å²) >= 11 is 1.45. The van der Waals surface area contributed by atoms with Gasteiger partial charge in [0.1, 0.15) is 0 Å². The highest BCUT2D eigenvalue weighted by molar-refractivity contribution is 7.99. The number of aryl methyl sites for hydroxylation is 1. The first kappa shape index (κ1) is 17.8. The number of carbonyl (C=O) groups is 1. The SMILES string of the molecule is Cc1ccccc1-c1nnc(SCC(=O)N2CCc3ccccc3C2)n1C. The predicted octanol–water partition coefficient (Wildman–Crippen LogP) is 3.47. The van der Waals surface area contributed by atoms with Crippen molar-refractivity contribution in [3.63, 3.8) is 0 Å². The summed E-state index contributed by atoms with van der Waals surface area (Å²) < 4.78 is 1.96. The first-order chi connectivity index (χ1) is 13.1. The molecule has 0 radical (unpaired) electrons. The van der Waals surface area contributed by atoms with E-state index in [4.69, 9.17) is 0 Å². The number of fused-ring (bicyclic) bond motifs is 1. The zero-order valence-electron chi connectivity index (χ0n) is 15.6. The van der Waals surface area contributed by atoms with Crippen LogP contribution in [-0.2, 0) is 24.8 Å². The molecule has 5 nitrogen and oxygen atoms in total. The average molecular weight is 379 g/mol. The van der Waals surface area contributed by atoms with E-state index in [-0.39, 0.29) is 5.91 Å². The maximum atomic E-state index is 12.7. The molecule has 0 bridgehead atoms. The van der Waals surface area contributed by atoms with Crippen LogP contribution in [0, 0.1) is 6.92 Å². The van der Waals surface area contributed by atoms with E-state index < -0.39 is 0 Å². The Balaban J connectivity index is 1.43. The lowest BCUT2D eigenvalue weighted by molar-refractivity contribution is -0.129. The number of nitrogens with zero attached hydrogens (tertiary/aromatic N) is 4. The molecule has 6 heteroatoms. The Morgan fingerprint density at radius 1 is 1.07 bits per heavy atom. The van der Waals surface area contributed by atoms with Crippen LogP contribution < -0.4 is 0 Å². The third kappa shape index (κ3) is 3.62. The number of aromatic nitrogens is 3. The molecule has 27 heavy (non-hydrogen) atoms. The third-order valence-corrected chi connectivity index (χ3v) is 6.03. The molecule has 0 saturated carbocycles. The van der Waals surface area contributed by atoms with Gasteiger partial charge in [-0.1, -0.05) is 60.3 Å². The van der Waals surface area contributed by atoms with Gasteiger partial charge in [-0.15, -0.1) is 10.2 Å². The number of benzene rings is 2. The van der Waals surface area contributed by atoms with E-state index in [1.807, 2.05) is 40.8 Å². The minimum atomic E-state index is 0.148. The Kier molecular flexibility index (Phi) is 4.99. The van der Waals surface area contributed by atoms with Crippen LogP contribution in [0.5, 0.6) is 0 Å². The fourth-order valence-corrected chi connectivity index (χ4v) is 4.24. The molecule has 1 amide bonds. The summed E-state index contributed by atoms with van der Waals surface area (Å²) in [5, 5.41) is 9.39. The minimum absolute atomic E-state index is 0.148. The van der Waals surface area contributed by atoms with Crippen molar-refractivity contribution in [3.8, 4) is 11.4 Å². The second-order valence-corrected chi connectivity index (χ2v) is 7.75. The monoisotopic (exact) mass is 378 g/mol. The molecule has 0 unspecified atom stereocenters. The highest BCUT2D eigenvalue weighted by Gasteiger charge is 2.21. The zero-order valence-corrected chi connectivity index (χ0v) is 16.4. The molecule has 0 saturated heterocycles.